The number of carbonyl (C=O) groups is 1. The van der Waals surface area contributed by atoms with Gasteiger partial charge in [-0.15, -0.1) is 12.4 Å². The summed E-state index contributed by atoms with van der Waals surface area (Å²) in [5.41, 5.74) is 0.510. The van der Waals surface area contributed by atoms with Crippen molar-refractivity contribution >= 4 is 34.2 Å². The number of rotatable bonds is 3. The number of nitrogens with zero attached hydrogens (tertiary/aromatic N) is 2. The Morgan fingerprint density at radius 2 is 2.44 bits per heavy atom. The first-order valence-electron chi connectivity index (χ1n) is 5.80. The molecule has 4 nitrogen and oxygen atoms in total. The van der Waals surface area contributed by atoms with Crippen LogP contribution in [0.25, 0.3) is 0 Å². The first kappa shape index (κ1) is 15.4. The average Bonchev–Trinajstić information content (AvgIpc) is 2.78. The summed E-state index contributed by atoms with van der Waals surface area (Å²) in [5.74, 6) is 0.0234. The second-order valence-corrected chi connectivity index (χ2v) is 5.04. The van der Waals surface area contributed by atoms with Gasteiger partial charge in [0.2, 0.25) is 0 Å². The molecule has 0 aliphatic carbocycles. The molecule has 1 atom stereocenters. The van der Waals surface area contributed by atoms with Crippen LogP contribution in [0.4, 0.5) is 0 Å². The maximum Gasteiger partial charge on any atom is 0.273 e. The minimum atomic E-state index is 0. The van der Waals surface area contributed by atoms with Gasteiger partial charge in [-0.2, -0.15) is 0 Å². The fourth-order valence-electron chi connectivity index (χ4n) is 2.23. The fourth-order valence-corrected chi connectivity index (χ4v) is 2.65. The number of hydrogen-bond acceptors (Lipinski definition) is 3. The van der Waals surface area contributed by atoms with Crippen molar-refractivity contribution < 1.29 is 4.79 Å². The van der Waals surface area contributed by atoms with Crippen molar-refractivity contribution in [3.8, 4) is 0 Å². The van der Waals surface area contributed by atoms with Crippen LogP contribution in [0.2, 0.25) is 0 Å². The van der Waals surface area contributed by atoms with E-state index in [0.29, 0.717) is 11.7 Å². The van der Waals surface area contributed by atoms with E-state index in [4.69, 9.17) is 0 Å². The lowest BCUT2D eigenvalue weighted by molar-refractivity contribution is 0.0730. The smallest absolute Gasteiger partial charge is 0.273 e. The lowest BCUT2D eigenvalue weighted by Crippen LogP contribution is -2.41. The number of pyridine rings is 1. The van der Waals surface area contributed by atoms with Crippen molar-refractivity contribution in [2.24, 2.45) is 0 Å². The van der Waals surface area contributed by atoms with E-state index in [2.05, 4.69) is 26.2 Å². The standard InChI is InChI=1S/C12H16BrN3O.ClH/c1-14-8-9-4-3-7-16(9)12(17)11-10(13)5-2-6-15-11;/h2,5-6,9,14H,3-4,7-8H2,1H3;1H. The highest BCUT2D eigenvalue weighted by Gasteiger charge is 2.30. The van der Waals surface area contributed by atoms with Crippen molar-refractivity contribution in [3.05, 3.63) is 28.5 Å². The van der Waals surface area contributed by atoms with Gasteiger partial charge in [0.1, 0.15) is 5.69 Å². The molecule has 0 aromatic carbocycles. The van der Waals surface area contributed by atoms with E-state index in [1.165, 1.54) is 0 Å². The molecule has 2 rings (SSSR count). The van der Waals surface area contributed by atoms with Crippen molar-refractivity contribution in [2.75, 3.05) is 20.1 Å². The first-order chi connectivity index (χ1) is 8.24. The minimum absolute atomic E-state index is 0. The lowest BCUT2D eigenvalue weighted by atomic mass is 10.2. The number of amides is 1. The quantitative estimate of drug-likeness (QED) is 0.920. The number of likely N-dealkylation sites (tertiary alicyclic amines) is 1. The van der Waals surface area contributed by atoms with Crippen molar-refractivity contribution in [2.45, 2.75) is 18.9 Å². The molecule has 1 aromatic heterocycles. The molecule has 1 fully saturated rings. The molecule has 1 N–H and O–H groups in total. The van der Waals surface area contributed by atoms with Crippen LogP contribution in [0.5, 0.6) is 0 Å². The van der Waals surface area contributed by atoms with Gasteiger partial charge in [-0.1, -0.05) is 0 Å². The second-order valence-electron chi connectivity index (χ2n) is 4.19. The van der Waals surface area contributed by atoms with Crippen LogP contribution < -0.4 is 5.32 Å². The predicted octanol–water partition coefficient (Wildman–Crippen LogP) is 2.09. The number of halogens is 2. The van der Waals surface area contributed by atoms with E-state index < -0.39 is 0 Å². The zero-order valence-electron chi connectivity index (χ0n) is 10.2. The van der Waals surface area contributed by atoms with Gasteiger partial charge < -0.3 is 10.2 Å². The first-order valence-corrected chi connectivity index (χ1v) is 6.59. The summed E-state index contributed by atoms with van der Waals surface area (Å²) in [7, 11) is 1.91. The van der Waals surface area contributed by atoms with E-state index in [-0.39, 0.29) is 18.3 Å². The third-order valence-corrected chi connectivity index (χ3v) is 3.68. The molecule has 1 aliphatic rings. The summed E-state index contributed by atoms with van der Waals surface area (Å²) in [6.45, 7) is 1.67. The van der Waals surface area contributed by atoms with Crippen LogP contribution in [-0.2, 0) is 0 Å². The number of aromatic nitrogens is 1. The Morgan fingerprint density at radius 3 is 3.11 bits per heavy atom. The Kier molecular flexibility index (Phi) is 6.05. The highest BCUT2D eigenvalue weighted by Crippen LogP contribution is 2.22. The van der Waals surface area contributed by atoms with E-state index in [1.54, 1.807) is 6.20 Å². The molecule has 0 spiro atoms. The molecule has 6 heteroatoms. The maximum absolute atomic E-state index is 12.4. The van der Waals surface area contributed by atoms with Crippen LogP contribution in [-0.4, -0.2) is 42.0 Å². The largest absolute Gasteiger partial charge is 0.333 e. The summed E-state index contributed by atoms with van der Waals surface area (Å²) in [6.07, 6.45) is 3.79. The summed E-state index contributed by atoms with van der Waals surface area (Å²) in [4.78, 5) is 18.4. The Labute approximate surface area is 122 Å². The SMILES string of the molecule is CNCC1CCCN1C(=O)c1ncccc1Br.Cl. The number of carbonyl (C=O) groups excluding carboxylic acids is 1. The van der Waals surface area contributed by atoms with Crippen LogP contribution in [0.1, 0.15) is 23.3 Å². The molecule has 2 heterocycles. The summed E-state index contributed by atoms with van der Waals surface area (Å²) in [6, 6.07) is 3.96. The molecule has 1 aromatic rings. The van der Waals surface area contributed by atoms with Gasteiger partial charge in [0, 0.05) is 29.8 Å². The van der Waals surface area contributed by atoms with E-state index in [1.807, 2.05) is 24.1 Å². The highest BCUT2D eigenvalue weighted by molar-refractivity contribution is 9.10. The minimum Gasteiger partial charge on any atom is -0.333 e. The van der Waals surface area contributed by atoms with E-state index in [9.17, 15) is 4.79 Å². The lowest BCUT2D eigenvalue weighted by Gasteiger charge is -2.24. The normalized spacial score (nSPS) is 18.6. The molecule has 0 radical (unpaired) electrons. The van der Waals surface area contributed by atoms with Gasteiger partial charge in [0.25, 0.3) is 5.91 Å². The van der Waals surface area contributed by atoms with Gasteiger partial charge in [-0.3, -0.25) is 4.79 Å². The van der Waals surface area contributed by atoms with Crippen LogP contribution >= 0.6 is 28.3 Å². The summed E-state index contributed by atoms with van der Waals surface area (Å²) in [5, 5.41) is 3.13. The van der Waals surface area contributed by atoms with Gasteiger partial charge in [-0.25, -0.2) is 4.98 Å². The zero-order chi connectivity index (χ0) is 12.3. The summed E-state index contributed by atoms with van der Waals surface area (Å²) >= 11 is 3.38. The summed E-state index contributed by atoms with van der Waals surface area (Å²) < 4.78 is 0.764. The van der Waals surface area contributed by atoms with Crippen LogP contribution in [0.3, 0.4) is 0 Å². The van der Waals surface area contributed by atoms with Crippen LogP contribution in [0, 0.1) is 0 Å². The van der Waals surface area contributed by atoms with Gasteiger partial charge in [-0.05, 0) is 48.0 Å². The zero-order valence-corrected chi connectivity index (χ0v) is 12.6. The van der Waals surface area contributed by atoms with E-state index >= 15 is 0 Å². The Hall–Kier alpha value is -0.650. The molecule has 1 aliphatic heterocycles. The molecule has 100 valence electrons. The number of nitrogens with one attached hydrogen (secondary N) is 1. The second kappa shape index (κ2) is 7.07. The third kappa shape index (κ3) is 3.22. The molecular formula is C12H17BrClN3O. The Balaban J connectivity index is 0.00000162. The molecule has 18 heavy (non-hydrogen) atoms. The molecule has 1 unspecified atom stereocenters. The predicted molar refractivity (Wildman–Crippen MR) is 77.2 cm³/mol. The van der Waals surface area contributed by atoms with Crippen molar-refractivity contribution in [1.29, 1.82) is 0 Å². The molecule has 0 saturated carbocycles. The van der Waals surface area contributed by atoms with Gasteiger partial charge >= 0.3 is 0 Å². The highest BCUT2D eigenvalue weighted by atomic mass is 79.9. The number of hydrogen-bond donors (Lipinski definition) is 1. The maximum atomic E-state index is 12.4. The molecule has 1 saturated heterocycles. The average molecular weight is 335 g/mol. The monoisotopic (exact) mass is 333 g/mol. The van der Waals surface area contributed by atoms with Crippen molar-refractivity contribution in [1.82, 2.24) is 15.2 Å². The van der Waals surface area contributed by atoms with Gasteiger partial charge in [0.15, 0.2) is 0 Å². The fraction of sp³-hybridized carbons (Fsp3) is 0.500. The molecule has 0 bridgehead atoms. The van der Waals surface area contributed by atoms with Gasteiger partial charge in [0.05, 0.1) is 0 Å². The van der Waals surface area contributed by atoms with E-state index in [0.717, 1.165) is 30.4 Å². The van der Waals surface area contributed by atoms with Crippen molar-refractivity contribution in [3.63, 3.8) is 0 Å². The molecule has 1 amide bonds. The Bertz CT molecular complexity index is 416. The topological polar surface area (TPSA) is 45.2 Å². The number of likely N-dealkylation sites (N-methyl/N-ethyl adjacent to an activating group) is 1. The van der Waals surface area contributed by atoms with Crippen LogP contribution in [0.15, 0.2) is 22.8 Å². The third-order valence-electron chi connectivity index (χ3n) is 3.04. The molecular weight excluding hydrogens is 318 g/mol. The Morgan fingerprint density at radius 1 is 1.67 bits per heavy atom.